The van der Waals surface area contributed by atoms with Crippen molar-refractivity contribution in [3.8, 4) is 17.0 Å². The van der Waals surface area contributed by atoms with Crippen LogP contribution in [0.5, 0.6) is 5.75 Å². The quantitative estimate of drug-likeness (QED) is 0.455. The first-order valence-corrected chi connectivity index (χ1v) is 11.4. The van der Waals surface area contributed by atoms with Crippen LogP contribution in [0.25, 0.3) is 11.3 Å². The highest BCUT2D eigenvalue weighted by atomic mass is 31.0. The number of nitrogens with one attached hydrogen (secondary N) is 1. The van der Waals surface area contributed by atoms with Crippen LogP contribution in [-0.2, 0) is 0 Å². The number of aromatic nitrogens is 2. The minimum Gasteiger partial charge on any atom is -0.486 e. The lowest BCUT2D eigenvalue weighted by Gasteiger charge is -2.17. The number of hydrogen-bond acceptors (Lipinski definition) is 6. The zero-order chi connectivity index (χ0) is 24.4. The highest BCUT2D eigenvalue weighted by Crippen LogP contribution is 2.40. The summed E-state index contributed by atoms with van der Waals surface area (Å²) in [5, 5.41) is 2.63. The largest absolute Gasteiger partial charge is 0.486 e. The van der Waals surface area contributed by atoms with Gasteiger partial charge in [0, 0.05) is 17.8 Å². The van der Waals surface area contributed by atoms with Crippen molar-refractivity contribution in [1.29, 1.82) is 0 Å². The molecule has 3 N–H and O–H groups in total. The molecule has 178 valence electrons. The minimum atomic E-state index is -0.665. The Morgan fingerprint density at radius 2 is 2.03 bits per heavy atom. The second-order valence-corrected chi connectivity index (χ2v) is 9.24. The van der Waals surface area contributed by atoms with Gasteiger partial charge in [0.25, 0.3) is 5.91 Å². The van der Waals surface area contributed by atoms with Crippen molar-refractivity contribution in [1.82, 2.24) is 14.6 Å². The van der Waals surface area contributed by atoms with E-state index >= 15 is 0 Å². The summed E-state index contributed by atoms with van der Waals surface area (Å²) in [6, 6.07) is 7.09. The van der Waals surface area contributed by atoms with Gasteiger partial charge in [-0.15, -0.1) is 0 Å². The molecular formula is C24H26F2N5O2P. The Bertz CT molecular complexity index is 1230. The molecule has 1 saturated carbocycles. The topological polar surface area (TPSA) is 93.4 Å². The number of anilines is 2. The molecule has 1 amide bonds. The van der Waals surface area contributed by atoms with E-state index in [1.165, 1.54) is 30.6 Å². The number of nitrogen functional groups attached to an aromatic ring is 1. The second-order valence-electron chi connectivity index (χ2n) is 8.36. The fourth-order valence-corrected chi connectivity index (χ4v) is 3.75. The summed E-state index contributed by atoms with van der Waals surface area (Å²) in [4.78, 5) is 21.1. The van der Waals surface area contributed by atoms with Gasteiger partial charge in [0.05, 0.1) is 5.56 Å². The average Bonchev–Trinajstić information content (AvgIpc) is 3.62. The van der Waals surface area contributed by atoms with Crippen LogP contribution in [0.1, 0.15) is 40.2 Å². The molecule has 0 spiro atoms. The second kappa shape index (κ2) is 9.99. The first-order chi connectivity index (χ1) is 16.2. The number of amides is 1. The van der Waals surface area contributed by atoms with E-state index in [-0.39, 0.29) is 22.8 Å². The standard InChI is InChI=1S/C24H26F2N5O2P/c1-13-18(21-22(23(27)29-12-28-21)33-8-7-31(2)34)10-16(25)11-20(13)30-24(32)17-6-5-15(9-19(17)26)14-3-4-14/h5-6,9-12,14H,3-4,7-8,34H2,1-2H3,(H,30,32)(H2,27,28,29). The first kappa shape index (κ1) is 24.0. The van der Waals surface area contributed by atoms with Gasteiger partial charge in [0.1, 0.15) is 30.3 Å². The number of benzene rings is 2. The predicted molar refractivity (Wildman–Crippen MR) is 131 cm³/mol. The van der Waals surface area contributed by atoms with E-state index in [1.54, 1.807) is 13.0 Å². The van der Waals surface area contributed by atoms with Crippen molar-refractivity contribution < 1.29 is 18.3 Å². The van der Waals surface area contributed by atoms with Gasteiger partial charge in [-0.2, -0.15) is 0 Å². The molecule has 3 aromatic rings. The average molecular weight is 485 g/mol. The van der Waals surface area contributed by atoms with Gasteiger partial charge in [0.2, 0.25) is 0 Å². The lowest BCUT2D eigenvalue weighted by molar-refractivity contribution is 0.102. The molecule has 1 fully saturated rings. The van der Waals surface area contributed by atoms with E-state index in [9.17, 15) is 13.6 Å². The number of halogens is 2. The van der Waals surface area contributed by atoms with E-state index in [2.05, 4.69) is 24.7 Å². The molecule has 1 unspecified atom stereocenters. The monoisotopic (exact) mass is 485 g/mol. The Labute approximate surface area is 199 Å². The molecule has 0 bridgehead atoms. The molecule has 34 heavy (non-hydrogen) atoms. The molecule has 0 radical (unpaired) electrons. The summed E-state index contributed by atoms with van der Waals surface area (Å²) in [6.07, 6.45) is 3.33. The molecule has 7 nitrogen and oxygen atoms in total. The molecule has 10 heteroatoms. The molecule has 4 rings (SSSR count). The summed E-state index contributed by atoms with van der Waals surface area (Å²) in [5.41, 5.74) is 8.19. The van der Waals surface area contributed by atoms with Crippen molar-refractivity contribution in [2.75, 3.05) is 31.2 Å². The normalized spacial score (nSPS) is 13.2. The Morgan fingerprint density at radius 1 is 1.26 bits per heavy atom. The number of carbonyl (C=O) groups excluding carboxylic acids is 1. The zero-order valence-electron chi connectivity index (χ0n) is 18.9. The molecule has 1 aromatic heterocycles. The van der Waals surface area contributed by atoms with Crippen molar-refractivity contribution in [3.63, 3.8) is 0 Å². The van der Waals surface area contributed by atoms with E-state index in [0.717, 1.165) is 18.4 Å². The van der Waals surface area contributed by atoms with Crippen molar-refractivity contribution in [2.45, 2.75) is 25.7 Å². The number of ether oxygens (including phenoxy) is 1. The van der Waals surface area contributed by atoms with Gasteiger partial charge < -0.3 is 15.8 Å². The number of rotatable bonds is 8. The number of carbonyl (C=O) groups is 1. The Kier molecular flexibility index (Phi) is 7.05. The fraction of sp³-hybridized carbons (Fsp3) is 0.292. The van der Waals surface area contributed by atoms with Gasteiger partial charge in [0.15, 0.2) is 11.6 Å². The van der Waals surface area contributed by atoms with Crippen LogP contribution in [0, 0.1) is 18.6 Å². The smallest absolute Gasteiger partial charge is 0.258 e. The van der Waals surface area contributed by atoms with Crippen LogP contribution >= 0.6 is 9.39 Å². The Hall–Kier alpha value is -3.16. The van der Waals surface area contributed by atoms with Crippen molar-refractivity contribution >= 4 is 26.8 Å². The maximum absolute atomic E-state index is 14.6. The molecular weight excluding hydrogens is 459 g/mol. The highest BCUT2D eigenvalue weighted by molar-refractivity contribution is 7.13. The Balaban J connectivity index is 1.64. The summed E-state index contributed by atoms with van der Waals surface area (Å²) in [7, 11) is 4.39. The molecule has 2 aromatic carbocycles. The number of likely N-dealkylation sites (N-methyl/N-ethyl adjacent to an activating group) is 1. The van der Waals surface area contributed by atoms with E-state index in [4.69, 9.17) is 10.5 Å². The lowest BCUT2D eigenvalue weighted by Crippen LogP contribution is -2.16. The number of nitrogens with zero attached hydrogens (tertiary/aromatic N) is 3. The molecule has 1 atom stereocenters. The Morgan fingerprint density at radius 3 is 2.71 bits per heavy atom. The van der Waals surface area contributed by atoms with Crippen LogP contribution in [0.3, 0.4) is 0 Å². The third-order valence-electron chi connectivity index (χ3n) is 5.68. The van der Waals surface area contributed by atoms with Crippen LogP contribution < -0.4 is 15.8 Å². The zero-order valence-corrected chi connectivity index (χ0v) is 20.1. The van der Waals surface area contributed by atoms with Crippen LogP contribution in [-0.4, -0.2) is 40.7 Å². The molecule has 0 saturated heterocycles. The molecule has 1 aliphatic carbocycles. The van der Waals surface area contributed by atoms with Crippen LogP contribution in [0.15, 0.2) is 36.7 Å². The fourth-order valence-electron chi connectivity index (χ4n) is 3.64. The van der Waals surface area contributed by atoms with E-state index in [0.29, 0.717) is 35.9 Å². The maximum Gasteiger partial charge on any atom is 0.258 e. The molecule has 1 heterocycles. The molecule has 1 aliphatic rings. The first-order valence-electron chi connectivity index (χ1n) is 10.8. The van der Waals surface area contributed by atoms with Gasteiger partial charge in [-0.05, 0) is 68.1 Å². The lowest BCUT2D eigenvalue weighted by atomic mass is 10.0. The highest BCUT2D eigenvalue weighted by Gasteiger charge is 2.25. The van der Waals surface area contributed by atoms with Crippen LogP contribution in [0.2, 0.25) is 0 Å². The van der Waals surface area contributed by atoms with Gasteiger partial charge in [-0.1, -0.05) is 15.5 Å². The van der Waals surface area contributed by atoms with Crippen LogP contribution in [0.4, 0.5) is 20.3 Å². The summed E-state index contributed by atoms with van der Waals surface area (Å²) < 4.78 is 36.9. The number of nitrogens with two attached hydrogens (primary N) is 1. The molecule has 0 aliphatic heterocycles. The summed E-state index contributed by atoms with van der Waals surface area (Å²) >= 11 is 0. The van der Waals surface area contributed by atoms with Crippen molar-refractivity contribution in [3.05, 3.63) is 65.0 Å². The number of hydrogen-bond donors (Lipinski definition) is 2. The third kappa shape index (κ3) is 5.32. The predicted octanol–water partition coefficient (Wildman–Crippen LogP) is 4.54. The minimum absolute atomic E-state index is 0.105. The third-order valence-corrected chi connectivity index (χ3v) is 5.94. The van der Waals surface area contributed by atoms with E-state index in [1.807, 2.05) is 11.7 Å². The summed E-state index contributed by atoms with van der Waals surface area (Å²) in [5.74, 6) is -1.16. The van der Waals surface area contributed by atoms with Crippen molar-refractivity contribution in [2.24, 2.45) is 0 Å². The maximum atomic E-state index is 14.6. The van der Waals surface area contributed by atoms with E-state index < -0.39 is 17.5 Å². The van der Waals surface area contributed by atoms with Gasteiger partial charge in [-0.25, -0.2) is 18.7 Å². The SMILES string of the molecule is Cc1c(NC(=O)c2ccc(C3CC3)cc2F)cc(F)cc1-c1ncnc(N)c1OCCN(C)P. The summed E-state index contributed by atoms with van der Waals surface area (Å²) in [6.45, 7) is 2.60. The van der Waals surface area contributed by atoms with Gasteiger partial charge in [-0.3, -0.25) is 9.46 Å². The van der Waals surface area contributed by atoms with Gasteiger partial charge >= 0.3 is 0 Å².